The summed E-state index contributed by atoms with van der Waals surface area (Å²) in [6, 6.07) is 10.8. The molecule has 0 saturated heterocycles. The quantitative estimate of drug-likeness (QED) is 0.201. The summed E-state index contributed by atoms with van der Waals surface area (Å²) in [6.07, 6.45) is 17.3. The summed E-state index contributed by atoms with van der Waals surface area (Å²) in [4.78, 5) is 38.1. The van der Waals surface area contributed by atoms with E-state index in [0.717, 1.165) is 112 Å². The van der Waals surface area contributed by atoms with Crippen molar-refractivity contribution in [3.8, 4) is 17.0 Å². The molecule has 5 fully saturated rings. The molecule has 5 saturated carbocycles. The van der Waals surface area contributed by atoms with E-state index in [9.17, 15) is 9.59 Å². The molecular formula is C40H52N4O5. The lowest BCUT2D eigenvalue weighted by Crippen LogP contribution is -2.52. The number of ether oxygens (including phenoxy) is 2. The highest BCUT2D eigenvalue weighted by Crippen LogP contribution is 2.58. The molecule has 0 atom stereocenters. The number of methoxy groups -OCH3 is 2. The molecular weight excluding hydrogens is 616 g/mol. The Balaban J connectivity index is 1.08. The second-order valence-corrected chi connectivity index (χ2v) is 15.4. The van der Waals surface area contributed by atoms with Crippen molar-refractivity contribution in [1.82, 2.24) is 15.3 Å². The van der Waals surface area contributed by atoms with Crippen LogP contribution in [0.5, 0.6) is 5.75 Å². The number of nitrogens with one attached hydrogen (secondary N) is 1. The zero-order valence-electron chi connectivity index (χ0n) is 29.5. The van der Waals surface area contributed by atoms with Crippen molar-refractivity contribution in [3.05, 3.63) is 59.8 Å². The Morgan fingerprint density at radius 2 is 1.73 bits per heavy atom. The van der Waals surface area contributed by atoms with Crippen molar-refractivity contribution in [3.63, 3.8) is 0 Å². The molecule has 49 heavy (non-hydrogen) atoms. The second-order valence-electron chi connectivity index (χ2n) is 15.4. The Morgan fingerprint density at radius 3 is 2.41 bits per heavy atom. The Morgan fingerprint density at radius 1 is 0.980 bits per heavy atom. The third-order valence-corrected chi connectivity index (χ3v) is 12.3. The van der Waals surface area contributed by atoms with E-state index in [4.69, 9.17) is 23.9 Å². The SMILES string of the molecule is COCC(=O)NCCC1CCC(C(=O)N(CC23CCC(c4ccc(OC)c(C)c4)(CC2)CC3)c2cc(-c3coc(C4CC4)n3)ccn2)CC1. The molecule has 8 rings (SSSR count). The normalized spacial score (nSPS) is 26.3. The van der Waals surface area contributed by atoms with Gasteiger partial charge in [-0.2, -0.15) is 0 Å². The molecule has 0 aliphatic heterocycles. The number of oxazole rings is 1. The van der Waals surface area contributed by atoms with Crippen molar-refractivity contribution in [2.75, 3.05) is 38.8 Å². The summed E-state index contributed by atoms with van der Waals surface area (Å²) in [5.74, 6) is 3.55. The molecule has 1 aromatic carbocycles. The van der Waals surface area contributed by atoms with Gasteiger partial charge < -0.3 is 19.2 Å². The molecule has 0 spiro atoms. The molecule has 2 aromatic heterocycles. The maximum Gasteiger partial charge on any atom is 0.245 e. The zero-order valence-corrected chi connectivity index (χ0v) is 29.5. The number of amides is 2. The first-order valence-electron chi connectivity index (χ1n) is 18.4. The minimum atomic E-state index is -0.0766. The van der Waals surface area contributed by atoms with Crippen LogP contribution in [0.1, 0.15) is 106 Å². The monoisotopic (exact) mass is 668 g/mol. The highest BCUT2D eigenvalue weighted by molar-refractivity contribution is 5.94. The van der Waals surface area contributed by atoms with Gasteiger partial charge in [-0.15, -0.1) is 0 Å². The van der Waals surface area contributed by atoms with E-state index in [1.165, 1.54) is 18.2 Å². The van der Waals surface area contributed by atoms with Crippen LogP contribution < -0.4 is 15.0 Å². The lowest BCUT2D eigenvalue weighted by Gasteiger charge is -2.55. The highest BCUT2D eigenvalue weighted by atomic mass is 16.5. The number of rotatable bonds is 13. The molecule has 5 aliphatic carbocycles. The summed E-state index contributed by atoms with van der Waals surface area (Å²) in [5, 5.41) is 2.95. The van der Waals surface area contributed by atoms with E-state index < -0.39 is 0 Å². The number of benzene rings is 1. The number of anilines is 1. The fraction of sp³-hybridized carbons (Fsp3) is 0.600. The molecule has 2 amide bonds. The number of carbonyl (C=O) groups is 2. The number of hydrogen-bond donors (Lipinski definition) is 1. The molecule has 9 heteroatoms. The maximum absolute atomic E-state index is 14.6. The molecule has 0 unspecified atom stereocenters. The predicted molar refractivity (Wildman–Crippen MR) is 189 cm³/mol. The lowest BCUT2D eigenvalue weighted by molar-refractivity contribution is -0.125. The van der Waals surface area contributed by atoms with Gasteiger partial charge in [0.25, 0.3) is 0 Å². The zero-order chi connectivity index (χ0) is 34.0. The van der Waals surface area contributed by atoms with E-state index >= 15 is 0 Å². The molecule has 9 nitrogen and oxygen atoms in total. The minimum Gasteiger partial charge on any atom is -0.496 e. The van der Waals surface area contributed by atoms with Crippen LogP contribution >= 0.6 is 0 Å². The Kier molecular flexibility index (Phi) is 9.82. The van der Waals surface area contributed by atoms with E-state index in [2.05, 4.69) is 35.3 Å². The van der Waals surface area contributed by atoms with Gasteiger partial charge >= 0.3 is 0 Å². The number of nitrogens with zero attached hydrogens (tertiary/aromatic N) is 3. The van der Waals surface area contributed by atoms with Crippen molar-refractivity contribution in [1.29, 1.82) is 0 Å². The van der Waals surface area contributed by atoms with Crippen LogP contribution in [0.4, 0.5) is 5.82 Å². The lowest BCUT2D eigenvalue weighted by atomic mass is 9.51. The average molecular weight is 669 g/mol. The Bertz CT molecular complexity index is 1610. The van der Waals surface area contributed by atoms with Gasteiger partial charge in [0.1, 0.15) is 30.1 Å². The van der Waals surface area contributed by atoms with Crippen LogP contribution in [-0.2, 0) is 19.7 Å². The standard InChI is InChI=1S/C40H52N4O5/c1-27-22-32(10-11-34(27)48-3)40-17-14-39(15-18-40,16-19-40)26-44(35-23-31(13-21-41-35)33-24-49-37(43-33)29-8-9-29)38(46)30-6-4-28(5-7-30)12-20-42-36(45)25-47-2/h10-11,13,21-24,28-30H,4-9,12,14-20,25-26H2,1-3H3,(H,42,45). The average Bonchev–Trinajstić information content (AvgIpc) is 3.87. The van der Waals surface area contributed by atoms with Gasteiger partial charge in [0, 0.05) is 43.8 Å². The van der Waals surface area contributed by atoms with Gasteiger partial charge in [-0.05, 0) is 136 Å². The third kappa shape index (κ3) is 7.28. The molecule has 0 radical (unpaired) electrons. The highest BCUT2D eigenvalue weighted by Gasteiger charge is 2.51. The summed E-state index contributed by atoms with van der Waals surface area (Å²) in [6.45, 7) is 3.59. The number of carbonyl (C=O) groups excluding carboxylic acids is 2. The first kappa shape index (κ1) is 33.8. The second kappa shape index (κ2) is 14.3. The summed E-state index contributed by atoms with van der Waals surface area (Å²) >= 11 is 0. The maximum atomic E-state index is 14.6. The van der Waals surface area contributed by atoms with Crippen LogP contribution in [-0.4, -0.2) is 55.7 Å². The van der Waals surface area contributed by atoms with Gasteiger partial charge in [-0.25, -0.2) is 9.97 Å². The number of aryl methyl sites for hydroxylation is 1. The van der Waals surface area contributed by atoms with Crippen LogP contribution in [0.3, 0.4) is 0 Å². The van der Waals surface area contributed by atoms with Gasteiger partial charge in [-0.3, -0.25) is 14.5 Å². The molecule has 262 valence electrons. The smallest absolute Gasteiger partial charge is 0.245 e. The number of pyridine rings is 1. The van der Waals surface area contributed by atoms with Crippen molar-refractivity contribution < 1.29 is 23.5 Å². The van der Waals surface area contributed by atoms with E-state index in [1.807, 2.05) is 18.3 Å². The van der Waals surface area contributed by atoms with Crippen molar-refractivity contribution >= 4 is 17.6 Å². The Labute approximate surface area is 290 Å². The van der Waals surface area contributed by atoms with E-state index in [0.29, 0.717) is 24.9 Å². The predicted octanol–water partition coefficient (Wildman–Crippen LogP) is 7.52. The van der Waals surface area contributed by atoms with Crippen LogP contribution in [0.25, 0.3) is 11.3 Å². The largest absolute Gasteiger partial charge is 0.496 e. The summed E-state index contributed by atoms with van der Waals surface area (Å²) < 4.78 is 16.3. The molecule has 2 heterocycles. The van der Waals surface area contributed by atoms with Crippen molar-refractivity contribution in [2.24, 2.45) is 17.3 Å². The van der Waals surface area contributed by atoms with Crippen molar-refractivity contribution in [2.45, 2.75) is 102 Å². The van der Waals surface area contributed by atoms with Gasteiger partial charge in [-0.1, -0.05) is 12.1 Å². The first-order chi connectivity index (χ1) is 23.8. The van der Waals surface area contributed by atoms with Gasteiger partial charge in [0.05, 0.1) is 7.11 Å². The van der Waals surface area contributed by atoms with E-state index in [-0.39, 0.29) is 35.2 Å². The van der Waals surface area contributed by atoms with Crippen LogP contribution in [0.15, 0.2) is 47.2 Å². The molecule has 1 N–H and O–H groups in total. The first-order valence-corrected chi connectivity index (χ1v) is 18.4. The topological polar surface area (TPSA) is 107 Å². The van der Waals surface area contributed by atoms with Gasteiger partial charge in [0.2, 0.25) is 11.8 Å². The Hall–Kier alpha value is -3.72. The van der Waals surface area contributed by atoms with Crippen LogP contribution in [0, 0.1) is 24.2 Å². The molecule has 2 bridgehead atoms. The third-order valence-electron chi connectivity index (χ3n) is 12.3. The van der Waals surface area contributed by atoms with E-state index in [1.54, 1.807) is 13.4 Å². The number of hydrogen-bond acceptors (Lipinski definition) is 7. The number of aromatic nitrogens is 2. The number of fused-ring (bicyclic) bond motifs is 3. The minimum absolute atomic E-state index is 0.0248. The molecule has 3 aromatic rings. The fourth-order valence-corrected chi connectivity index (χ4v) is 8.93. The summed E-state index contributed by atoms with van der Waals surface area (Å²) in [7, 11) is 3.27. The van der Waals surface area contributed by atoms with Gasteiger partial charge in [0.15, 0.2) is 5.89 Å². The van der Waals surface area contributed by atoms with Crippen LogP contribution in [0.2, 0.25) is 0 Å². The molecule has 5 aliphatic rings. The fourth-order valence-electron chi connectivity index (χ4n) is 8.93. The summed E-state index contributed by atoms with van der Waals surface area (Å²) in [5.41, 5.74) is 4.68.